The third-order valence-corrected chi connectivity index (χ3v) is 3.45. The Kier molecular flexibility index (Phi) is 3.96. The fraction of sp³-hybridized carbons (Fsp3) is 0.188. The molecule has 0 fully saturated rings. The Morgan fingerprint density at radius 1 is 1.17 bits per heavy atom. The van der Waals surface area contributed by atoms with E-state index in [1.165, 1.54) is 5.56 Å². The zero-order valence-electron chi connectivity index (χ0n) is 10.4. The van der Waals surface area contributed by atoms with Crippen molar-refractivity contribution in [3.8, 4) is 11.8 Å². The van der Waals surface area contributed by atoms with Gasteiger partial charge in [0.2, 0.25) is 5.78 Å². The smallest absolute Gasteiger partial charge is 0.236 e. The summed E-state index contributed by atoms with van der Waals surface area (Å²) in [5, 5.41) is 1.95. The van der Waals surface area contributed by atoms with Crippen molar-refractivity contribution < 1.29 is 4.79 Å². The lowest BCUT2D eigenvalue weighted by atomic mass is 10.0. The summed E-state index contributed by atoms with van der Waals surface area (Å²) in [4.78, 5) is 12.8. The first kappa shape index (κ1) is 12.6. The van der Waals surface area contributed by atoms with Crippen LogP contribution >= 0.6 is 11.3 Å². The van der Waals surface area contributed by atoms with Crippen LogP contribution in [0.25, 0.3) is 0 Å². The molecule has 0 atom stereocenters. The van der Waals surface area contributed by atoms with Crippen LogP contribution in [0.4, 0.5) is 0 Å². The second kappa shape index (κ2) is 5.66. The van der Waals surface area contributed by atoms with E-state index in [0.29, 0.717) is 11.5 Å². The number of carbonyl (C=O) groups is 1. The molecule has 1 heterocycles. The molecule has 0 amide bonds. The minimum absolute atomic E-state index is 0.126. The molecule has 0 aliphatic rings. The van der Waals surface area contributed by atoms with Gasteiger partial charge in [-0.2, -0.15) is 0 Å². The van der Waals surface area contributed by atoms with Crippen LogP contribution in [-0.2, 0) is 0 Å². The fourth-order valence-electron chi connectivity index (χ4n) is 1.56. The number of hydrogen-bond acceptors (Lipinski definition) is 2. The highest BCUT2D eigenvalue weighted by Crippen LogP contribution is 2.15. The third-order valence-electron chi connectivity index (χ3n) is 2.66. The van der Waals surface area contributed by atoms with Crippen LogP contribution < -0.4 is 0 Å². The summed E-state index contributed by atoms with van der Waals surface area (Å²) < 4.78 is 0. The maximum atomic E-state index is 11.9. The van der Waals surface area contributed by atoms with Crippen molar-refractivity contribution in [2.24, 2.45) is 0 Å². The van der Waals surface area contributed by atoms with Crippen molar-refractivity contribution in [1.29, 1.82) is 0 Å². The summed E-state index contributed by atoms with van der Waals surface area (Å²) in [5.74, 6) is 5.90. The maximum Gasteiger partial charge on any atom is 0.236 e. The van der Waals surface area contributed by atoms with Gasteiger partial charge in [-0.25, -0.2) is 0 Å². The van der Waals surface area contributed by atoms with Crippen LogP contribution in [0.1, 0.15) is 40.6 Å². The molecule has 18 heavy (non-hydrogen) atoms. The zero-order chi connectivity index (χ0) is 13.0. The molecule has 90 valence electrons. The number of thiophene rings is 1. The van der Waals surface area contributed by atoms with Crippen LogP contribution in [-0.4, -0.2) is 5.78 Å². The summed E-state index contributed by atoms with van der Waals surface area (Å²) in [6.45, 7) is 4.26. The van der Waals surface area contributed by atoms with E-state index in [4.69, 9.17) is 0 Å². The van der Waals surface area contributed by atoms with E-state index in [0.717, 1.165) is 4.88 Å². The van der Waals surface area contributed by atoms with Gasteiger partial charge in [-0.3, -0.25) is 4.79 Å². The number of hydrogen-bond donors (Lipinski definition) is 0. The highest BCUT2D eigenvalue weighted by atomic mass is 32.1. The topological polar surface area (TPSA) is 17.1 Å². The molecule has 0 saturated heterocycles. The van der Waals surface area contributed by atoms with E-state index in [1.807, 2.05) is 41.8 Å². The Hall–Kier alpha value is -1.85. The van der Waals surface area contributed by atoms with Gasteiger partial charge in [0.05, 0.1) is 4.88 Å². The van der Waals surface area contributed by atoms with Gasteiger partial charge in [0.25, 0.3) is 0 Å². The molecule has 0 aliphatic heterocycles. The average Bonchev–Trinajstić information content (AvgIpc) is 2.89. The summed E-state index contributed by atoms with van der Waals surface area (Å²) >= 11 is 1.54. The SMILES string of the molecule is CC(C)c1ccc(C(=O)C#Cc2cccs2)cc1. The Morgan fingerprint density at radius 3 is 2.44 bits per heavy atom. The van der Waals surface area contributed by atoms with Crippen LogP contribution in [0, 0.1) is 11.8 Å². The van der Waals surface area contributed by atoms with Gasteiger partial charge in [-0.05, 0) is 34.8 Å². The third kappa shape index (κ3) is 3.09. The number of benzene rings is 1. The van der Waals surface area contributed by atoms with Gasteiger partial charge in [0.1, 0.15) is 0 Å². The molecule has 0 bridgehead atoms. The van der Waals surface area contributed by atoms with Gasteiger partial charge in [-0.15, -0.1) is 11.3 Å². The first-order valence-corrected chi connectivity index (χ1v) is 6.74. The molecule has 2 heteroatoms. The quantitative estimate of drug-likeness (QED) is 0.582. The Labute approximate surface area is 111 Å². The summed E-state index contributed by atoms with van der Waals surface area (Å²) in [5.41, 5.74) is 1.89. The normalized spacial score (nSPS) is 9.94. The molecule has 0 radical (unpaired) electrons. The lowest BCUT2D eigenvalue weighted by Gasteiger charge is -2.04. The predicted octanol–water partition coefficient (Wildman–Crippen LogP) is 4.11. The van der Waals surface area contributed by atoms with Crippen molar-refractivity contribution in [2.45, 2.75) is 19.8 Å². The van der Waals surface area contributed by atoms with Crippen molar-refractivity contribution in [3.05, 3.63) is 57.8 Å². The van der Waals surface area contributed by atoms with Crippen molar-refractivity contribution in [2.75, 3.05) is 0 Å². The van der Waals surface area contributed by atoms with Gasteiger partial charge in [0.15, 0.2) is 0 Å². The Bertz CT molecular complexity index is 580. The lowest BCUT2D eigenvalue weighted by Crippen LogP contribution is -1.96. The number of ketones is 1. The van der Waals surface area contributed by atoms with Crippen molar-refractivity contribution in [1.82, 2.24) is 0 Å². The molecule has 1 aromatic carbocycles. The molecule has 0 aliphatic carbocycles. The van der Waals surface area contributed by atoms with Crippen LogP contribution in [0.2, 0.25) is 0 Å². The summed E-state index contributed by atoms with van der Waals surface area (Å²) in [6.07, 6.45) is 0. The number of Topliss-reactive ketones (excluding diaryl/α,β-unsaturated/α-hetero) is 1. The van der Waals surface area contributed by atoms with Gasteiger partial charge in [0, 0.05) is 5.56 Å². The van der Waals surface area contributed by atoms with E-state index >= 15 is 0 Å². The maximum absolute atomic E-state index is 11.9. The molecule has 0 unspecified atom stereocenters. The average molecular weight is 254 g/mol. The molecule has 0 N–H and O–H groups in total. The molecule has 0 saturated carbocycles. The van der Waals surface area contributed by atoms with Crippen LogP contribution in [0.3, 0.4) is 0 Å². The first-order valence-electron chi connectivity index (χ1n) is 5.86. The first-order chi connectivity index (χ1) is 8.66. The molecule has 1 nitrogen and oxygen atoms in total. The van der Waals surface area contributed by atoms with Crippen LogP contribution in [0.15, 0.2) is 41.8 Å². The van der Waals surface area contributed by atoms with E-state index in [-0.39, 0.29) is 5.78 Å². The lowest BCUT2D eigenvalue weighted by molar-refractivity contribution is 0.105. The van der Waals surface area contributed by atoms with Gasteiger partial charge in [-0.1, -0.05) is 44.2 Å². The van der Waals surface area contributed by atoms with Crippen LogP contribution in [0.5, 0.6) is 0 Å². The largest absolute Gasteiger partial charge is 0.279 e. The minimum Gasteiger partial charge on any atom is -0.279 e. The summed E-state index contributed by atoms with van der Waals surface area (Å²) in [6, 6.07) is 11.5. The van der Waals surface area contributed by atoms with E-state index in [9.17, 15) is 4.79 Å². The van der Waals surface area contributed by atoms with Gasteiger partial charge < -0.3 is 0 Å². The molecule has 2 rings (SSSR count). The zero-order valence-corrected chi connectivity index (χ0v) is 11.3. The standard InChI is InChI=1S/C16H14OS/c1-12(2)13-5-7-14(8-6-13)16(17)10-9-15-4-3-11-18-15/h3-8,11-12H,1-2H3. The van der Waals surface area contributed by atoms with Crippen molar-refractivity contribution in [3.63, 3.8) is 0 Å². The van der Waals surface area contributed by atoms with E-state index < -0.39 is 0 Å². The second-order valence-corrected chi connectivity index (χ2v) is 5.28. The molecule has 2 aromatic rings. The molecular weight excluding hydrogens is 240 g/mol. The van der Waals surface area contributed by atoms with E-state index in [1.54, 1.807) is 11.3 Å². The number of rotatable bonds is 2. The predicted molar refractivity (Wildman–Crippen MR) is 76.1 cm³/mol. The second-order valence-electron chi connectivity index (χ2n) is 4.33. The number of carbonyl (C=O) groups excluding carboxylic acids is 1. The monoisotopic (exact) mass is 254 g/mol. The molecule has 1 aromatic heterocycles. The van der Waals surface area contributed by atoms with E-state index in [2.05, 4.69) is 25.7 Å². The Morgan fingerprint density at radius 2 is 1.89 bits per heavy atom. The summed E-state index contributed by atoms with van der Waals surface area (Å²) in [7, 11) is 0. The molecule has 0 spiro atoms. The van der Waals surface area contributed by atoms with Crippen molar-refractivity contribution >= 4 is 17.1 Å². The van der Waals surface area contributed by atoms with Gasteiger partial charge >= 0.3 is 0 Å². The highest BCUT2D eigenvalue weighted by molar-refractivity contribution is 7.10. The Balaban J connectivity index is 2.14. The molecular formula is C16H14OS. The fourth-order valence-corrected chi connectivity index (χ4v) is 2.13. The minimum atomic E-state index is -0.126. The highest BCUT2D eigenvalue weighted by Gasteiger charge is 2.03.